The molecule has 2 aliphatic heterocycles. The monoisotopic (exact) mass is 454 g/mol. The highest BCUT2D eigenvalue weighted by atomic mass is 19.3. The molecule has 6 nitrogen and oxygen atoms in total. The molecule has 33 heavy (non-hydrogen) atoms. The van der Waals surface area contributed by atoms with E-state index >= 15 is 0 Å². The van der Waals surface area contributed by atoms with Gasteiger partial charge in [-0.25, -0.2) is 27.5 Å². The van der Waals surface area contributed by atoms with Crippen molar-refractivity contribution in [3.05, 3.63) is 66.0 Å². The smallest absolute Gasteiger partial charge is 0.280 e. The summed E-state index contributed by atoms with van der Waals surface area (Å²) in [5.41, 5.74) is 0.800. The standard InChI is InChI=1S/C23H18F4N6/c24-12-1-2-16(17(25)7-12)22-30-18-3-4-20(32-11-13-8-15(32)10-29-13)31-23(18)33(22)14-5-6-28-19(9-14)21(26)27/h1-7,9,13,15,21,29H,8,10-11H2/t13-,15-/m1/s1. The minimum atomic E-state index is -2.78. The summed E-state index contributed by atoms with van der Waals surface area (Å²) in [5, 5.41) is 3.45. The number of imidazole rings is 1. The van der Waals surface area contributed by atoms with E-state index in [0.29, 0.717) is 28.9 Å². The molecule has 0 spiro atoms. The van der Waals surface area contributed by atoms with Gasteiger partial charge in [0.05, 0.1) is 11.3 Å². The molecule has 6 rings (SSSR count). The molecule has 0 amide bonds. The first-order valence-corrected chi connectivity index (χ1v) is 10.6. The van der Waals surface area contributed by atoms with E-state index in [0.717, 1.165) is 37.5 Å². The van der Waals surface area contributed by atoms with Crippen molar-refractivity contribution in [3.63, 3.8) is 0 Å². The molecule has 0 saturated carbocycles. The van der Waals surface area contributed by atoms with Gasteiger partial charge in [0.15, 0.2) is 5.65 Å². The first-order chi connectivity index (χ1) is 16.0. The van der Waals surface area contributed by atoms with Gasteiger partial charge in [-0.1, -0.05) is 0 Å². The summed E-state index contributed by atoms with van der Waals surface area (Å²) in [6.07, 6.45) is -0.475. The predicted molar refractivity (Wildman–Crippen MR) is 115 cm³/mol. The van der Waals surface area contributed by atoms with Crippen LogP contribution in [0.4, 0.5) is 23.4 Å². The second kappa shape index (κ2) is 7.51. The van der Waals surface area contributed by atoms with Crippen LogP contribution in [0.3, 0.4) is 0 Å². The minimum Gasteiger partial charge on any atom is -0.351 e. The zero-order chi connectivity index (χ0) is 22.7. The van der Waals surface area contributed by atoms with Gasteiger partial charge in [-0.2, -0.15) is 0 Å². The Kier molecular flexibility index (Phi) is 4.58. The summed E-state index contributed by atoms with van der Waals surface area (Å²) in [6.45, 7) is 1.69. The van der Waals surface area contributed by atoms with Crippen LogP contribution in [-0.4, -0.2) is 44.7 Å². The number of hydrogen-bond donors (Lipinski definition) is 1. The minimum absolute atomic E-state index is 0.0378. The maximum absolute atomic E-state index is 14.7. The van der Waals surface area contributed by atoms with E-state index < -0.39 is 23.8 Å². The summed E-state index contributed by atoms with van der Waals surface area (Å²) in [5.74, 6) is -0.645. The van der Waals surface area contributed by atoms with Gasteiger partial charge in [-0.15, -0.1) is 0 Å². The number of hydrogen-bond acceptors (Lipinski definition) is 5. The summed E-state index contributed by atoms with van der Waals surface area (Å²) in [6, 6.07) is 10.3. The fourth-order valence-electron chi connectivity index (χ4n) is 4.74. The lowest BCUT2D eigenvalue weighted by Gasteiger charge is -2.28. The number of anilines is 1. The van der Waals surface area contributed by atoms with Crippen molar-refractivity contribution in [3.8, 4) is 17.1 Å². The molecule has 2 bridgehead atoms. The predicted octanol–water partition coefficient (Wildman–Crippen LogP) is 4.25. The zero-order valence-corrected chi connectivity index (χ0v) is 17.2. The van der Waals surface area contributed by atoms with Crippen LogP contribution in [-0.2, 0) is 0 Å². The molecule has 2 aliphatic rings. The molecular weight excluding hydrogens is 436 g/mol. The van der Waals surface area contributed by atoms with Crippen molar-refractivity contribution in [2.75, 3.05) is 18.0 Å². The van der Waals surface area contributed by atoms with Gasteiger partial charge in [0.25, 0.3) is 6.43 Å². The third kappa shape index (κ3) is 3.32. The quantitative estimate of drug-likeness (QED) is 0.468. The first kappa shape index (κ1) is 20.1. The summed E-state index contributed by atoms with van der Waals surface area (Å²) in [7, 11) is 0. The largest absolute Gasteiger partial charge is 0.351 e. The lowest BCUT2D eigenvalue weighted by Crippen LogP contribution is -2.44. The molecular formula is C23H18F4N6. The molecule has 0 unspecified atom stereocenters. The van der Waals surface area contributed by atoms with Gasteiger partial charge in [-0.05, 0) is 42.8 Å². The van der Waals surface area contributed by atoms with Crippen molar-refractivity contribution < 1.29 is 17.6 Å². The Morgan fingerprint density at radius 2 is 1.91 bits per heavy atom. The lowest BCUT2D eigenvalue weighted by atomic mass is 10.2. The average molecular weight is 454 g/mol. The van der Waals surface area contributed by atoms with Crippen LogP contribution in [0.1, 0.15) is 18.5 Å². The van der Waals surface area contributed by atoms with E-state index in [4.69, 9.17) is 4.98 Å². The molecule has 1 N–H and O–H groups in total. The number of fused-ring (bicyclic) bond motifs is 3. The van der Waals surface area contributed by atoms with E-state index in [1.807, 2.05) is 6.07 Å². The number of alkyl halides is 2. The van der Waals surface area contributed by atoms with E-state index in [9.17, 15) is 17.6 Å². The zero-order valence-electron chi connectivity index (χ0n) is 17.2. The third-order valence-corrected chi connectivity index (χ3v) is 6.26. The fraction of sp³-hybridized carbons (Fsp3) is 0.261. The molecule has 4 aromatic rings. The molecule has 2 saturated heterocycles. The molecule has 10 heteroatoms. The van der Waals surface area contributed by atoms with Gasteiger partial charge in [0, 0.05) is 37.4 Å². The number of piperazine rings is 1. The van der Waals surface area contributed by atoms with E-state index in [1.165, 1.54) is 29.0 Å². The number of aromatic nitrogens is 4. The topological polar surface area (TPSA) is 58.9 Å². The van der Waals surface area contributed by atoms with Crippen LogP contribution >= 0.6 is 0 Å². The first-order valence-electron chi connectivity index (χ1n) is 10.6. The van der Waals surface area contributed by atoms with Crippen LogP contribution in [0.25, 0.3) is 28.2 Å². The Balaban J connectivity index is 1.58. The number of rotatable bonds is 4. The second-order valence-electron chi connectivity index (χ2n) is 8.29. The fourth-order valence-corrected chi connectivity index (χ4v) is 4.74. The number of pyridine rings is 2. The normalized spacial score (nSPS) is 19.8. The van der Waals surface area contributed by atoms with Crippen molar-refractivity contribution in [2.24, 2.45) is 0 Å². The van der Waals surface area contributed by atoms with Crippen LogP contribution < -0.4 is 10.2 Å². The highest BCUT2D eigenvalue weighted by molar-refractivity contribution is 5.82. The van der Waals surface area contributed by atoms with Gasteiger partial charge < -0.3 is 10.2 Å². The maximum atomic E-state index is 14.7. The summed E-state index contributed by atoms with van der Waals surface area (Å²) >= 11 is 0. The van der Waals surface area contributed by atoms with Crippen LogP contribution in [0.15, 0.2) is 48.7 Å². The van der Waals surface area contributed by atoms with Crippen molar-refractivity contribution in [2.45, 2.75) is 24.9 Å². The summed E-state index contributed by atoms with van der Waals surface area (Å²) < 4.78 is 56.6. The molecule has 0 radical (unpaired) electrons. The van der Waals surface area contributed by atoms with Gasteiger partial charge in [-0.3, -0.25) is 9.55 Å². The second-order valence-corrected chi connectivity index (χ2v) is 8.29. The molecule has 3 aromatic heterocycles. The van der Waals surface area contributed by atoms with Gasteiger partial charge in [0.1, 0.15) is 34.5 Å². The van der Waals surface area contributed by atoms with Crippen LogP contribution in [0.5, 0.6) is 0 Å². The highest BCUT2D eigenvalue weighted by Crippen LogP contribution is 2.34. The molecule has 5 heterocycles. The Morgan fingerprint density at radius 3 is 2.64 bits per heavy atom. The van der Waals surface area contributed by atoms with Crippen LogP contribution in [0, 0.1) is 11.6 Å². The van der Waals surface area contributed by atoms with E-state index in [2.05, 4.69) is 20.2 Å². The Morgan fingerprint density at radius 1 is 1.03 bits per heavy atom. The van der Waals surface area contributed by atoms with Gasteiger partial charge in [0.2, 0.25) is 0 Å². The van der Waals surface area contributed by atoms with E-state index in [-0.39, 0.29) is 11.4 Å². The lowest BCUT2D eigenvalue weighted by molar-refractivity contribution is 0.146. The van der Waals surface area contributed by atoms with Crippen molar-refractivity contribution >= 4 is 17.0 Å². The molecule has 168 valence electrons. The number of nitrogens with one attached hydrogen (secondary N) is 1. The molecule has 1 aromatic carbocycles. The molecule has 2 atom stereocenters. The number of halogens is 4. The summed E-state index contributed by atoms with van der Waals surface area (Å²) in [4.78, 5) is 15.3. The average Bonchev–Trinajstić information content (AvgIpc) is 3.53. The van der Waals surface area contributed by atoms with Gasteiger partial charge >= 0.3 is 0 Å². The Hall–Kier alpha value is -3.53. The number of benzene rings is 1. The Bertz CT molecular complexity index is 1370. The van der Waals surface area contributed by atoms with Crippen molar-refractivity contribution in [1.29, 1.82) is 0 Å². The van der Waals surface area contributed by atoms with Crippen LogP contribution in [0.2, 0.25) is 0 Å². The molecule has 0 aliphatic carbocycles. The number of nitrogens with zero attached hydrogens (tertiary/aromatic N) is 5. The highest BCUT2D eigenvalue weighted by Gasteiger charge is 2.38. The SMILES string of the molecule is Fc1ccc(-c2nc3ccc(N4C[C@H]5C[C@@H]4CN5)nc3n2-c2ccnc(C(F)F)c2)c(F)c1. The Labute approximate surface area is 185 Å². The molecule has 2 fully saturated rings. The third-order valence-electron chi connectivity index (χ3n) is 6.26. The van der Waals surface area contributed by atoms with E-state index in [1.54, 1.807) is 6.07 Å². The van der Waals surface area contributed by atoms with Crippen molar-refractivity contribution in [1.82, 2.24) is 24.8 Å². The maximum Gasteiger partial charge on any atom is 0.280 e.